The second-order valence-electron chi connectivity index (χ2n) is 7.49. The molecular weight excluding hydrogens is 270 g/mol. The molecule has 3 heterocycles. The maximum absolute atomic E-state index is 4.82. The molecule has 0 bridgehead atoms. The summed E-state index contributed by atoms with van der Waals surface area (Å²) in [7, 11) is 0. The summed E-state index contributed by atoms with van der Waals surface area (Å²) < 4.78 is 0. The first-order chi connectivity index (χ1) is 10.6. The predicted molar refractivity (Wildman–Crippen MR) is 93.4 cm³/mol. The zero-order valence-electron chi connectivity index (χ0n) is 14.5. The molecule has 122 valence electrons. The highest BCUT2D eigenvalue weighted by Crippen LogP contribution is 2.34. The Bertz CT molecular complexity index is 491. The number of rotatable bonds is 4. The second kappa shape index (κ2) is 6.99. The van der Waals surface area contributed by atoms with Crippen molar-refractivity contribution < 1.29 is 0 Å². The molecular formula is C19H31N3. The van der Waals surface area contributed by atoms with Crippen molar-refractivity contribution in [2.45, 2.75) is 58.9 Å². The number of pyridine rings is 1. The summed E-state index contributed by atoms with van der Waals surface area (Å²) in [6.07, 6.45) is 8.78. The minimum Gasteiger partial charge on any atom is -0.357 e. The largest absolute Gasteiger partial charge is 0.357 e. The fourth-order valence-corrected chi connectivity index (χ4v) is 4.06. The Morgan fingerprint density at radius 3 is 2.59 bits per heavy atom. The van der Waals surface area contributed by atoms with Gasteiger partial charge in [0.25, 0.3) is 0 Å². The van der Waals surface area contributed by atoms with Crippen LogP contribution in [0.25, 0.3) is 0 Å². The summed E-state index contributed by atoms with van der Waals surface area (Å²) in [5.41, 5.74) is 2.88. The van der Waals surface area contributed by atoms with Crippen molar-refractivity contribution in [2.24, 2.45) is 5.92 Å². The van der Waals surface area contributed by atoms with Gasteiger partial charge in [-0.1, -0.05) is 13.8 Å². The van der Waals surface area contributed by atoms with Crippen molar-refractivity contribution in [3.05, 3.63) is 23.4 Å². The number of aromatic nitrogens is 1. The molecule has 2 saturated heterocycles. The minimum atomic E-state index is 0.588. The Hall–Kier alpha value is -1.09. The van der Waals surface area contributed by atoms with Crippen molar-refractivity contribution in [3.8, 4) is 0 Å². The van der Waals surface area contributed by atoms with Gasteiger partial charge in [-0.25, -0.2) is 4.98 Å². The normalized spacial score (nSPS) is 23.5. The van der Waals surface area contributed by atoms with E-state index >= 15 is 0 Å². The van der Waals surface area contributed by atoms with Gasteiger partial charge in [0, 0.05) is 31.9 Å². The summed E-state index contributed by atoms with van der Waals surface area (Å²) in [6.45, 7) is 11.7. The average molecular weight is 301 g/mol. The van der Waals surface area contributed by atoms with Crippen LogP contribution in [0, 0.1) is 12.8 Å². The Balaban J connectivity index is 1.76. The molecule has 0 aliphatic carbocycles. The fraction of sp³-hybridized carbons (Fsp3) is 0.737. The zero-order valence-corrected chi connectivity index (χ0v) is 14.5. The van der Waals surface area contributed by atoms with Crippen LogP contribution < -0.4 is 4.90 Å². The quantitative estimate of drug-likeness (QED) is 0.832. The summed E-state index contributed by atoms with van der Waals surface area (Å²) in [6, 6.07) is 2.91. The van der Waals surface area contributed by atoms with Crippen LogP contribution in [-0.2, 0) is 0 Å². The Labute approximate surface area is 135 Å². The molecule has 0 spiro atoms. The lowest BCUT2D eigenvalue weighted by Crippen LogP contribution is -2.31. The maximum atomic E-state index is 4.82. The smallest absolute Gasteiger partial charge is 0.128 e. The van der Waals surface area contributed by atoms with Crippen molar-refractivity contribution in [1.82, 2.24) is 9.88 Å². The molecule has 0 N–H and O–H groups in total. The van der Waals surface area contributed by atoms with E-state index in [4.69, 9.17) is 4.98 Å². The van der Waals surface area contributed by atoms with Crippen LogP contribution >= 0.6 is 0 Å². The summed E-state index contributed by atoms with van der Waals surface area (Å²) in [5, 5.41) is 0. The molecule has 3 heteroatoms. The third kappa shape index (κ3) is 3.45. The van der Waals surface area contributed by atoms with Crippen LogP contribution in [0.1, 0.15) is 63.1 Å². The SMILES string of the molecule is Cc1cc(N2CCCCC2)ncc1[C@@H]1CCCN1CC(C)C. The van der Waals surface area contributed by atoms with E-state index in [1.165, 1.54) is 75.2 Å². The van der Waals surface area contributed by atoms with Gasteiger partial charge < -0.3 is 4.90 Å². The third-order valence-electron chi connectivity index (χ3n) is 5.14. The maximum Gasteiger partial charge on any atom is 0.128 e. The van der Waals surface area contributed by atoms with Crippen molar-refractivity contribution in [2.75, 3.05) is 31.1 Å². The number of hydrogen-bond acceptors (Lipinski definition) is 3. The molecule has 1 aromatic rings. The topological polar surface area (TPSA) is 19.4 Å². The monoisotopic (exact) mass is 301 g/mol. The Kier molecular flexibility index (Phi) is 5.02. The molecule has 0 unspecified atom stereocenters. The van der Waals surface area contributed by atoms with Crippen LogP contribution in [0.4, 0.5) is 5.82 Å². The average Bonchev–Trinajstić information content (AvgIpc) is 2.95. The number of likely N-dealkylation sites (tertiary alicyclic amines) is 1. The molecule has 3 rings (SSSR count). The summed E-state index contributed by atoms with van der Waals surface area (Å²) >= 11 is 0. The lowest BCUT2D eigenvalue weighted by molar-refractivity contribution is 0.228. The first kappa shape index (κ1) is 15.8. The van der Waals surface area contributed by atoms with Gasteiger partial charge in [0.2, 0.25) is 0 Å². The molecule has 0 aromatic carbocycles. The van der Waals surface area contributed by atoms with E-state index in [1.54, 1.807) is 0 Å². The number of nitrogens with zero attached hydrogens (tertiary/aromatic N) is 3. The molecule has 2 aliphatic heterocycles. The van der Waals surface area contributed by atoms with Crippen LogP contribution in [0.5, 0.6) is 0 Å². The van der Waals surface area contributed by atoms with E-state index in [2.05, 4.69) is 42.8 Å². The lowest BCUT2D eigenvalue weighted by Gasteiger charge is -2.30. The molecule has 0 radical (unpaired) electrons. The molecule has 0 amide bonds. The number of anilines is 1. The van der Waals surface area contributed by atoms with Crippen molar-refractivity contribution in [1.29, 1.82) is 0 Å². The van der Waals surface area contributed by atoms with Crippen LogP contribution in [0.15, 0.2) is 12.3 Å². The van der Waals surface area contributed by atoms with E-state index in [9.17, 15) is 0 Å². The lowest BCUT2D eigenvalue weighted by atomic mass is 10.0. The molecule has 2 aliphatic rings. The van der Waals surface area contributed by atoms with Crippen LogP contribution in [0.3, 0.4) is 0 Å². The Morgan fingerprint density at radius 1 is 1.14 bits per heavy atom. The van der Waals surface area contributed by atoms with Gasteiger partial charge in [-0.2, -0.15) is 0 Å². The second-order valence-corrected chi connectivity index (χ2v) is 7.49. The van der Waals surface area contributed by atoms with Gasteiger partial charge in [0.05, 0.1) is 0 Å². The molecule has 22 heavy (non-hydrogen) atoms. The summed E-state index contributed by atoms with van der Waals surface area (Å²) in [4.78, 5) is 9.94. The van der Waals surface area contributed by atoms with Gasteiger partial charge in [-0.3, -0.25) is 4.90 Å². The molecule has 1 atom stereocenters. The molecule has 1 aromatic heterocycles. The highest BCUT2D eigenvalue weighted by atomic mass is 15.2. The number of piperidine rings is 1. The highest BCUT2D eigenvalue weighted by Gasteiger charge is 2.28. The van der Waals surface area contributed by atoms with Crippen molar-refractivity contribution in [3.63, 3.8) is 0 Å². The van der Waals surface area contributed by atoms with Gasteiger partial charge in [0.15, 0.2) is 0 Å². The van der Waals surface area contributed by atoms with Gasteiger partial charge in [-0.15, -0.1) is 0 Å². The van der Waals surface area contributed by atoms with E-state index < -0.39 is 0 Å². The van der Waals surface area contributed by atoms with Gasteiger partial charge in [0.1, 0.15) is 5.82 Å². The third-order valence-corrected chi connectivity index (χ3v) is 5.14. The minimum absolute atomic E-state index is 0.588. The van der Waals surface area contributed by atoms with Gasteiger partial charge in [-0.05, 0) is 68.7 Å². The zero-order chi connectivity index (χ0) is 15.5. The highest BCUT2D eigenvalue weighted by molar-refractivity contribution is 5.44. The number of hydrogen-bond donors (Lipinski definition) is 0. The van der Waals surface area contributed by atoms with Gasteiger partial charge >= 0.3 is 0 Å². The van der Waals surface area contributed by atoms with E-state index in [0.29, 0.717) is 6.04 Å². The first-order valence-electron chi connectivity index (χ1n) is 9.10. The van der Waals surface area contributed by atoms with Crippen LogP contribution in [0.2, 0.25) is 0 Å². The molecule has 0 saturated carbocycles. The standard InChI is InChI=1S/C19H31N3/c1-15(2)14-22-11-7-8-18(22)17-13-20-19(12-16(17)3)21-9-5-4-6-10-21/h12-13,15,18H,4-11,14H2,1-3H3/t18-/m0/s1. The van der Waals surface area contributed by atoms with E-state index in [1.807, 2.05) is 0 Å². The Morgan fingerprint density at radius 2 is 1.91 bits per heavy atom. The fourth-order valence-electron chi connectivity index (χ4n) is 4.06. The van der Waals surface area contributed by atoms with Crippen molar-refractivity contribution >= 4 is 5.82 Å². The molecule has 2 fully saturated rings. The summed E-state index contributed by atoms with van der Waals surface area (Å²) in [5.74, 6) is 1.93. The predicted octanol–water partition coefficient (Wildman–Crippen LogP) is 4.17. The number of aryl methyl sites for hydroxylation is 1. The first-order valence-corrected chi connectivity index (χ1v) is 9.10. The molecule has 3 nitrogen and oxygen atoms in total. The van der Waals surface area contributed by atoms with E-state index in [0.717, 1.165) is 5.92 Å². The van der Waals surface area contributed by atoms with Crippen LogP contribution in [-0.4, -0.2) is 36.1 Å². The van der Waals surface area contributed by atoms with E-state index in [-0.39, 0.29) is 0 Å².